The van der Waals surface area contributed by atoms with Crippen molar-refractivity contribution in [2.75, 3.05) is 45.7 Å². The molecule has 0 aliphatic heterocycles. The third-order valence-corrected chi connectivity index (χ3v) is 5.92. The molecule has 0 saturated heterocycles. The van der Waals surface area contributed by atoms with Crippen molar-refractivity contribution < 1.29 is 9.47 Å². The summed E-state index contributed by atoms with van der Waals surface area (Å²) in [5, 5.41) is 8.58. The van der Waals surface area contributed by atoms with Gasteiger partial charge < -0.3 is 19.7 Å². The number of nitrogens with zero attached hydrogens (tertiary/aromatic N) is 4. The SMILES string of the molecule is CCN(CC)CCNc1c2c(nc3cc(-c4ccc(OC)c(OC)c4)nn13)CCC2. The first kappa shape index (κ1) is 20.5. The summed E-state index contributed by atoms with van der Waals surface area (Å²) in [5.41, 5.74) is 5.24. The van der Waals surface area contributed by atoms with E-state index in [0.29, 0.717) is 11.5 Å². The van der Waals surface area contributed by atoms with Gasteiger partial charge in [-0.05, 0) is 50.6 Å². The first-order valence-corrected chi connectivity index (χ1v) is 10.8. The molecule has 0 amide bonds. The zero-order chi connectivity index (χ0) is 21.1. The second-order valence-electron chi connectivity index (χ2n) is 7.56. The number of aromatic nitrogens is 3. The smallest absolute Gasteiger partial charge is 0.161 e. The van der Waals surface area contributed by atoms with E-state index in [1.165, 1.54) is 11.3 Å². The highest BCUT2D eigenvalue weighted by atomic mass is 16.5. The Bertz CT molecular complexity index is 1030. The topological polar surface area (TPSA) is 63.9 Å². The lowest BCUT2D eigenvalue weighted by atomic mass is 10.1. The first-order valence-electron chi connectivity index (χ1n) is 10.8. The molecule has 0 fully saturated rings. The largest absolute Gasteiger partial charge is 0.493 e. The van der Waals surface area contributed by atoms with Crippen molar-refractivity contribution in [1.29, 1.82) is 0 Å². The van der Waals surface area contributed by atoms with Crippen LogP contribution in [-0.4, -0.2) is 59.9 Å². The van der Waals surface area contributed by atoms with E-state index in [-0.39, 0.29) is 0 Å². The molecule has 0 radical (unpaired) electrons. The zero-order valence-corrected chi connectivity index (χ0v) is 18.4. The number of rotatable bonds is 9. The number of hydrogen-bond donors (Lipinski definition) is 1. The molecule has 1 aliphatic rings. The molecule has 2 aromatic heterocycles. The van der Waals surface area contributed by atoms with E-state index < -0.39 is 0 Å². The van der Waals surface area contributed by atoms with Crippen molar-refractivity contribution in [3.05, 3.63) is 35.5 Å². The van der Waals surface area contributed by atoms with Crippen molar-refractivity contribution in [1.82, 2.24) is 19.5 Å². The molecular formula is C23H31N5O2. The van der Waals surface area contributed by atoms with Crippen LogP contribution in [0.4, 0.5) is 5.82 Å². The first-order chi connectivity index (χ1) is 14.7. The number of hydrogen-bond acceptors (Lipinski definition) is 6. The van der Waals surface area contributed by atoms with E-state index in [2.05, 4.69) is 30.1 Å². The van der Waals surface area contributed by atoms with Crippen molar-refractivity contribution in [3.63, 3.8) is 0 Å². The fraction of sp³-hybridized carbons (Fsp3) is 0.478. The lowest BCUT2D eigenvalue weighted by Gasteiger charge is -2.19. The Morgan fingerprint density at radius 2 is 1.87 bits per heavy atom. The average Bonchev–Trinajstić information content (AvgIpc) is 3.42. The Balaban J connectivity index is 1.70. The normalized spacial score (nSPS) is 13.1. The van der Waals surface area contributed by atoms with Crippen molar-refractivity contribution in [3.8, 4) is 22.8 Å². The molecule has 0 unspecified atom stereocenters. The van der Waals surface area contributed by atoms with Crippen LogP contribution in [0.3, 0.4) is 0 Å². The molecule has 0 bridgehead atoms. The number of likely N-dealkylation sites (N-methyl/N-ethyl adjacent to an activating group) is 1. The number of methoxy groups -OCH3 is 2. The van der Waals surface area contributed by atoms with Gasteiger partial charge in [0.2, 0.25) is 0 Å². The Hall–Kier alpha value is -2.80. The van der Waals surface area contributed by atoms with Gasteiger partial charge in [-0.25, -0.2) is 4.98 Å². The lowest BCUT2D eigenvalue weighted by molar-refractivity contribution is 0.316. The highest BCUT2D eigenvalue weighted by Crippen LogP contribution is 2.34. The highest BCUT2D eigenvalue weighted by Gasteiger charge is 2.22. The molecule has 3 aromatic rings. The molecule has 0 atom stereocenters. The molecule has 30 heavy (non-hydrogen) atoms. The Labute approximate surface area is 178 Å². The van der Waals surface area contributed by atoms with Crippen LogP contribution >= 0.6 is 0 Å². The predicted octanol–water partition coefficient (Wildman–Crippen LogP) is 3.66. The van der Waals surface area contributed by atoms with E-state index in [4.69, 9.17) is 19.6 Å². The maximum Gasteiger partial charge on any atom is 0.161 e. The van der Waals surface area contributed by atoms with Crippen LogP contribution in [0, 0.1) is 0 Å². The molecule has 1 aromatic carbocycles. The summed E-state index contributed by atoms with van der Waals surface area (Å²) in [6.45, 7) is 8.43. The van der Waals surface area contributed by atoms with Crippen molar-refractivity contribution >= 4 is 11.5 Å². The number of anilines is 1. The molecule has 160 valence electrons. The molecule has 1 N–H and O–H groups in total. The zero-order valence-electron chi connectivity index (χ0n) is 18.4. The van der Waals surface area contributed by atoms with Crippen LogP contribution < -0.4 is 14.8 Å². The van der Waals surface area contributed by atoms with E-state index >= 15 is 0 Å². The summed E-state index contributed by atoms with van der Waals surface area (Å²) in [4.78, 5) is 7.33. The molecule has 4 rings (SSSR count). The van der Waals surface area contributed by atoms with Gasteiger partial charge in [0.05, 0.1) is 19.9 Å². The summed E-state index contributed by atoms with van der Waals surface area (Å²) in [5.74, 6) is 2.49. The van der Waals surface area contributed by atoms with E-state index in [1.54, 1.807) is 14.2 Å². The summed E-state index contributed by atoms with van der Waals surface area (Å²) in [6.07, 6.45) is 3.24. The van der Waals surface area contributed by atoms with Crippen LogP contribution in [0.1, 0.15) is 31.5 Å². The second-order valence-corrected chi connectivity index (χ2v) is 7.56. The van der Waals surface area contributed by atoms with Crippen LogP contribution in [-0.2, 0) is 12.8 Å². The van der Waals surface area contributed by atoms with E-state index in [9.17, 15) is 0 Å². The van der Waals surface area contributed by atoms with Gasteiger partial charge in [-0.15, -0.1) is 0 Å². The van der Waals surface area contributed by atoms with Crippen molar-refractivity contribution in [2.24, 2.45) is 0 Å². The summed E-state index contributed by atoms with van der Waals surface area (Å²) >= 11 is 0. The summed E-state index contributed by atoms with van der Waals surface area (Å²) in [6, 6.07) is 7.93. The fourth-order valence-corrected chi connectivity index (χ4v) is 4.18. The molecule has 7 nitrogen and oxygen atoms in total. The third kappa shape index (κ3) is 3.81. The lowest BCUT2D eigenvalue weighted by Crippen LogP contribution is -2.29. The Morgan fingerprint density at radius 1 is 1.07 bits per heavy atom. The maximum atomic E-state index is 5.47. The number of fused-ring (bicyclic) bond motifs is 2. The monoisotopic (exact) mass is 409 g/mol. The Morgan fingerprint density at radius 3 is 2.60 bits per heavy atom. The number of aryl methyl sites for hydroxylation is 1. The summed E-state index contributed by atoms with van der Waals surface area (Å²) in [7, 11) is 3.29. The predicted molar refractivity (Wildman–Crippen MR) is 120 cm³/mol. The third-order valence-electron chi connectivity index (χ3n) is 5.92. The molecular weight excluding hydrogens is 378 g/mol. The van der Waals surface area contributed by atoms with E-state index in [1.807, 2.05) is 22.7 Å². The van der Waals surface area contributed by atoms with Gasteiger partial charge in [-0.1, -0.05) is 13.8 Å². The van der Waals surface area contributed by atoms with Gasteiger partial charge in [0.15, 0.2) is 17.1 Å². The average molecular weight is 410 g/mol. The van der Waals surface area contributed by atoms with Gasteiger partial charge in [-0.2, -0.15) is 9.61 Å². The quantitative estimate of drug-likeness (QED) is 0.582. The minimum absolute atomic E-state index is 0.695. The van der Waals surface area contributed by atoms with Gasteiger partial charge in [0.25, 0.3) is 0 Å². The molecule has 2 heterocycles. The molecule has 7 heteroatoms. The number of nitrogens with one attached hydrogen (secondary N) is 1. The van der Waals surface area contributed by atoms with Crippen LogP contribution in [0.2, 0.25) is 0 Å². The molecule has 0 spiro atoms. The summed E-state index contributed by atoms with van der Waals surface area (Å²) < 4.78 is 12.8. The van der Waals surface area contributed by atoms with Crippen molar-refractivity contribution in [2.45, 2.75) is 33.1 Å². The Kier molecular flexibility index (Phi) is 6.08. The van der Waals surface area contributed by atoms with Crippen LogP contribution in [0.15, 0.2) is 24.3 Å². The van der Waals surface area contributed by atoms with Gasteiger partial charge in [0.1, 0.15) is 5.82 Å². The van der Waals surface area contributed by atoms with Crippen LogP contribution in [0.5, 0.6) is 11.5 Å². The minimum Gasteiger partial charge on any atom is -0.493 e. The maximum absolute atomic E-state index is 5.47. The van der Waals surface area contributed by atoms with Gasteiger partial charge >= 0.3 is 0 Å². The highest BCUT2D eigenvalue weighted by molar-refractivity contribution is 5.69. The van der Waals surface area contributed by atoms with Gasteiger partial charge in [-0.3, -0.25) is 0 Å². The molecule has 0 saturated carbocycles. The fourth-order valence-electron chi connectivity index (χ4n) is 4.18. The van der Waals surface area contributed by atoms with E-state index in [0.717, 1.165) is 68.2 Å². The second kappa shape index (κ2) is 8.92. The minimum atomic E-state index is 0.695. The number of ether oxygens (including phenoxy) is 2. The van der Waals surface area contributed by atoms with Gasteiger partial charge in [0, 0.05) is 36.0 Å². The molecule has 1 aliphatic carbocycles. The standard InChI is InChI=1S/C23H31N5O2/c1-5-27(6-2)13-12-24-23-17-8-7-9-18(17)25-22-15-19(26-28(22)23)16-10-11-20(29-3)21(14-16)30-4/h10-11,14-15,24H,5-9,12-13H2,1-4H3. The van der Waals surface area contributed by atoms with Crippen LogP contribution in [0.25, 0.3) is 16.9 Å². The number of benzene rings is 1.